The second-order valence-corrected chi connectivity index (χ2v) is 6.06. The van der Waals surface area contributed by atoms with E-state index < -0.39 is 4.92 Å². The minimum atomic E-state index is -0.497. The van der Waals surface area contributed by atoms with Crippen molar-refractivity contribution in [1.82, 2.24) is 5.32 Å². The number of halogens is 2. The number of nitro benzene ring substituents is 1. The SMILES string of the molecule is CC1(C)CN(c2c(Cl)cc([N+](=O)[O-])cc2Cl)CCN1. The Morgan fingerprint density at radius 3 is 2.42 bits per heavy atom. The number of nitrogens with zero attached hydrogens (tertiary/aromatic N) is 2. The van der Waals surface area contributed by atoms with Crippen molar-refractivity contribution in [2.75, 3.05) is 24.5 Å². The number of anilines is 1. The molecule has 7 heteroatoms. The first-order chi connectivity index (χ1) is 8.80. The minimum Gasteiger partial charge on any atom is -0.366 e. The first-order valence-corrected chi connectivity index (χ1v) is 6.69. The zero-order chi connectivity index (χ0) is 14.2. The van der Waals surface area contributed by atoms with Gasteiger partial charge in [-0.15, -0.1) is 0 Å². The average molecular weight is 304 g/mol. The quantitative estimate of drug-likeness (QED) is 0.674. The van der Waals surface area contributed by atoms with Gasteiger partial charge in [0.15, 0.2) is 0 Å². The maximum absolute atomic E-state index is 10.8. The first-order valence-electron chi connectivity index (χ1n) is 5.93. The van der Waals surface area contributed by atoms with Crippen molar-refractivity contribution in [1.29, 1.82) is 0 Å². The molecule has 0 bridgehead atoms. The van der Waals surface area contributed by atoms with Gasteiger partial charge in [0.05, 0.1) is 20.7 Å². The Morgan fingerprint density at radius 1 is 1.37 bits per heavy atom. The van der Waals surface area contributed by atoms with E-state index in [0.717, 1.165) is 19.6 Å². The summed E-state index contributed by atoms with van der Waals surface area (Å²) in [5.41, 5.74) is 0.531. The summed E-state index contributed by atoms with van der Waals surface area (Å²) in [4.78, 5) is 12.3. The summed E-state index contributed by atoms with van der Waals surface area (Å²) < 4.78 is 0. The van der Waals surface area contributed by atoms with Crippen molar-refractivity contribution in [2.45, 2.75) is 19.4 Å². The van der Waals surface area contributed by atoms with Crippen LogP contribution >= 0.6 is 23.2 Å². The summed E-state index contributed by atoms with van der Waals surface area (Å²) in [5.74, 6) is 0. The number of nitrogens with one attached hydrogen (secondary N) is 1. The maximum Gasteiger partial charge on any atom is 0.272 e. The standard InChI is InChI=1S/C12H15Cl2N3O2/c1-12(2)7-16(4-3-15-12)11-9(13)5-8(17(18)19)6-10(11)14/h5-6,15H,3-4,7H2,1-2H3. The molecule has 0 saturated carbocycles. The number of hydrogen-bond acceptors (Lipinski definition) is 4. The highest BCUT2D eigenvalue weighted by atomic mass is 35.5. The summed E-state index contributed by atoms with van der Waals surface area (Å²) in [7, 11) is 0. The molecule has 1 aliphatic rings. The second kappa shape index (κ2) is 5.15. The molecule has 19 heavy (non-hydrogen) atoms. The average Bonchev–Trinajstić information content (AvgIpc) is 2.26. The Kier molecular flexibility index (Phi) is 3.90. The molecule has 104 valence electrons. The molecule has 1 N–H and O–H groups in total. The Bertz CT molecular complexity index is 497. The van der Waals surface area contributed by atoms with Crippen LogP contribution in [0.15, 0.2) is 12.1 Å². The van der Waals surface area contributed by atoms with E-state index in [-0.39, 0.29) is 11.2 Å². The molecule has 0 aliphatic carbocycles. The fraction of sp³-hybridized carbons (Fsp3) is 0.500. The van der Waals surface area contributed by atoms with Crippen LogP contribution < -0.4 is 10.2 Å². The third kappa shape index (κ3) is 3.11. The fourth-order valence-electron chi connectivity index (χ4n) is 2.29. The van der Waals surface area contributed by atoms with E-state index in [2.05, 4.69) is 24.1 Å². The zero-order valence-electron chi connectivity index (χ0n) is 10.7. The molecule has 1 fully saturated rings. The highest BCUT2D eigenvalue weighted by molar-refractivity contribution is 6.39. The van der Waals surface area contributed by atoms with Gasteiger partial charge in [-0.25, -0.2) is 0 Å². The van der Waals surface area contributed by atoms with Gasteiger partial charge in [0.1, 0.15) is 0 Å². The highest BCUT2D eigenvalue weighted by Crippen LogP contribution is 2.38. The maximum atomic E-state index is 10.8. The molecular weight excluding hydrogens is 289 g/mol. The summed E-state index contributed by atoms with van der Waals surface area (Å²) in [6.45, 7) is 6.50. The van der Waals surface area contributed by atoms with Gasteiger partial charge in [-0.3, -0.25) is 10.1 Å². The molecule has 5 nitrogen and oxygen atoms in total. The molecule has 1 aromatic carbocycles. The number of piperazine rings is 1. The lowest BCUT2D eigenvalue weighted by Crippen LogP contribution is -2.57. The van der Waals surface area contributed by atoms with Gasteiger partial charge < -0.3 is 10.2 Å². The molecular formula is C12H15Cl2N3O2. The van der Waals surface area contributed by atoms with Gasteiger partial charge in [0.25, 0.3) is 5.69 Å². The molecule has 0 unspecified atom stereocenters. The van der Waals surface area contributed by atoms with Crippen LogP contribution in [0.5, 0.6) is 0 Å². The summed E-state index contributed by atoms with van der Waals surface area (Å²) in [5, 5.41) is 14.8. The second-order valence-electron chi connectivity index (χ2n) is 5.25. The highest BCUT2D eigenvalue weighted by Gasteiger charge is 2.29. The zero-order valence-corrected chi connectivity index (χ0v) is 12.3. The monoisotopic (exact) mass is 303 g/mol. The van der Waals surface area contributed by atoms with Crippen molar-refractivity contribution in [3.63, 3.8) is 0 Å². The number of nitro groups is 1. The van der Waals surface area contributed by atoms with Crippen LogP contribution in [0.3, 0.4) is 0 Å². The van der Waals surface area contributed by atoms with Crippen molar-refractivity contribution in [3.8, 4) is 0 Å². The third-order valence-corrected chi connectivity index (χ3v) is 3.68. The van der Waals surface area contributed by atoms with Crippen molar-refractivity contribution < 1.29 is 4.92 Å². The van der Waals surface area contributed by atoms with Crippen LogP contribution in [-0.4, -0.2) is 30.1 Å². The van der Waals surface area contributed by atoms with Gasteiger partial charge in [-0.2, -0.15) is 0 Å². The lowest BCUT2D eigenvalue weighted by molar-refractivity contribution is -0.384. The molecule has 1 saturated heterocycles. The molecule has 0 aromatic heterocycles. The fourth-order valence-corrected chi connectivity index (χ4v) is 3.01. The topological polar surface area (TPSA) is 58.4 Å². The molecule has 0 spiro atoms. The predicted octanol–water partition coefficient (Wildman–Crippen LogP) is 3.09. The van der Waals surface area contributed by atoms with E-state index in [1.807, 2.05) is 0 Å². The Balaban J connectivity index is 2.37. The summed E-state index contributed by atoms with van der Waals surface area (Å²) in [6, 6.07) is 2.69. The number of rotatable bonds is 2. The largest absolute Gasteiger partial charge is 0.366 e. The van der Waals surface area contributed by atoms with Crippen LogP contribution in [0.2, 0.25) is 10.0 Å². The lowest BCUT2D eigenvalue weighted by atomic mass is 10.0. The van der Waals surface area contributed by atoms with Crippen LogP contribution in [0.1, 0.15) is 13.8 Å². The van der Waals surface area contributed by atoms with Crippen molar-refractivity contribution in [3.05, 3.63) is 32.3 Å². The summed E-state index contributed by atoms with van der Waals surface area (Å²) in [6.07, 6.45) is 0. The van der Waals surface area contributed by atoms with E-state index in [1.165, 1.54) is 12.1 Å². The van der Waals surface area contributed by atoms with E-state index in [0.29, 0.717) is 15.7 Å². The van der Waals surface area contributed by atoms with E-state index >= 15 is 0 Å². The lowest BCUT2D eigenvalue weighted by Gasteiger charge is -2.41. The van der Waals surface area contributed by atoms with Crippen LogP contribution in [-0.2, 0) is 0 Å². The molecule has 0 atom stereocenters. The van der Waals surface area contributed by atoms with Crippen LogP contribution in [0.4, 0.5) is 11.4 Å². The van der Waals surface area contributed by atoms with Gasteiger partial charge in [0.2, 0.25) is 0 Å². The van der Waals surface area contributed by atoms with Gasteiger partial charge in [0, 0.05) is 37.3 Å². The Morgan fingerprint density at radius 2 is 1.95 bits per heavy atom. The molecule has 0 amide bonds. The normalized spacial score (nSPS) is 18.4. The Hall–Kier alpha value is -1.04. The van der Waals surface area contributed by atoms with E-state index in [4.69, 9.17) is 23.2 Å². The number of non-ortho nitro benzene ring substituents is 1. The number of hydrogen-bond donors (Lipinski definition) is 1. The van der Waals surface area contributed by atoms with Gasteiger partial charge >= 0.3 is 0 Å². The van der Waals surface area contributed by atoms with Crippen molar-refractivity contribution in [2.24, 2.45) is 0 Å². The molecule has 1 heterocycles. The smallest absolute Gasteiger partial charge is 0.272 e. The number of benzene rings is 1. The van der Waals surface area contributed by atoms with Crippen molar-refractivity contribution >= 4 is 34.6 Å². The molecule has 2 rings (SSSR count). The first kappa shape index (κ1) is 14.4. The molecule has 0 radical (unpaired) electrons. The Labute approximate surface area is 121 Å². The molecule has 1 aromatic rings. The van der Waals surface area contributed by atoms with Crippen LogP contribution in [0, 0.1) is 10.1 Å². The predicted molar refractivity (Wildman–Crippen MR) is 77.4 cm³/mol. The summed E-state index contributed by atoms with van der Waals surface area (Å²) >= 11 is 12.3. The van der Waals surface area contributed by atoms with Gasteiger partial charge in [-0.1, -0.05) is 23.2 Å². The third-order valence-electron chi connectivity index (χ3n) is 3.10. The van der Waals surface area contributed by atoms with Crippen LogP contribution in [0.25, 0.3) is 0 Å². The van der Waals surface area contributed by atoms with E-state index in [9.17, 15) is 10.1 Å². The van der Waals surface area contributed by atoms with E-state index in [1.54, 1.807) is 0 Å². The molecule has 1 aliphatic heterocycles. The van der Waals surface area contributed by atoms with Gasteiger partial charge in [-0.05, 0) is 13.8 Å². The minimum absolute atomic E-state index is 0.0489.